The molecule has 9 heteroatoms. The van der Waals surface area contributed by atoms with Crippen molar-refractivity contribution < 1.29 is 22.3 Å². The summed E-state index contributed by atoms with van der Waals surface area (Å²) in [6.45, 7) is 0. The third-order valence-corrected chi connectivity index (χ3v) is 5.47. The van der Waals surface area contributed by atoms with Gasteiger partial charge in [0.15, 0.2) is 0 Å². The summed E-state index contributed by atoms with van der Waals surface area (Å²) in [7, 11) is -2.38. The number of fused-ring (bicyclic) bond motifs is 1. The molecule has 0 unspecified atom stereocenters. The maximum absolute atomic E-state index is 13.4. The number of rotatable bonds is 4. The first-order valence-electron chi connectivity index (χ1n) is 9.07. The fraction of sp³-hybridized carbons (Fsp3) is 0.0455. The number of nitrogens with one attached hydrogen (secondary N) is 1. The van der Waals surface area contributed by atoms with Crippen LogP contribution in [0.25, 0.3) is 10.9 Å². The molecule has 1 amide bonds. The predicted molar refractivity (Wildman–Crippen MR) is 116 cm³/mol. The molecule has 1 aliphatic carbocycles. The summed E-state index contributed by atoms with van der Waals surface area (Å²) in [5.41, 5.74) is 1.11. The molecule has 0 saturated heterocycles. The molecule has 0 radical (unpaired) electrons. The number of hydrogen-bond donors (Lipinski definition) is 1. The van der Waals surface area contributed by atoms with Crippen LogP contribution in [0.3, 0.4) is 0 Å². The van der Waals surface area contributed by atoms with Gasteiger partial charge >= 0.3 is 0 Å². The van der Waals surface area contributed by atoms with Crippen LogP contribution in [-0.2, 0) is 10.3 Å². The standard InChI is InChI=1S/C22H14ClFN2O4S/c23-18-11-14(24)8-9-20(18)30-22-17(10-13-4-1-2-7-19(13)26-22)21(27)25-15-5-3-6-16(12-15)31(28)29/h1-11H,12H2,(H,25,27). The number of para-hydroxylation sites is 1. The molecule has 0 saturated carbocycles. The maximum Gasteiger partial charge on any atom is 0.260 e. The van der Waals surface area contributed by atoms with E-state index in [4.69, 9.17) is 16.3 Å². The average molecular weight is 457 g/mol. The Bertz CT molecular complexity index is 1410. The zero-order valence-corrected chi connectivity index (χ0v) is 17.4. The summed E-state index contributed by atoms with van der Waals surface area (Å²) in [5, 5.41) is 3.43. The van der Waals surface area contributed by atoms with Gasteiger partial charge in [-0.3, -0.25) is 4.79 Å². The second-order valence-electron chi connectivity index (χ2n) is 6.59. The zero-order chi connectivity index (χ0) is 22.0. The molecule has 1 aromatic heterocycles. The summed E-state index contributed by atoms with van der Waals surface area (Å²) >= 11 is 6.06. The average Bonchev–Trinajstić information content (AvgIpc) is 2.75. The molecule has 0 bridgehead atoms. The summed E-state index contributed by atoms with van der Waals surface area (Å²) < 4.78 is 41.6. The van der Waals surface area contributed by atoms with Gasteiger partial charge in [-0.15, -0.1) is 0 Å². The van der Waals surface area contributed by atoms with Crippen LogP contribution in [0.4, 0.5) is 4.39 Å². The van der Waals surface area contributed by atoms with Gasteiger partial charge in [0, 0.05) is 17.5 Å². The number of amides is 1. The molecule has 6 nitrogen and oxygen atoms in total. The second-order valence-corrected chi connectivity index (χ2v) is 7.99. The van der Waals surface area contributed by atoms with E-state index in [1.54, 1.807) is 36.4 Å². The lowest BCUT2D eigenvalue weighted by molar-refractivity contribution is 0.0962. The summed E-state index contributed by atoms with van der Waals surface area (Å²) in [6.07, 6.45) is 4.67. The van der Waals surface area contributed by atoms with Crippen LogP contribution in [0, 0.1) is 5.82 Å². The van der Waals surface area contributed by atoms with Crippen molar-refractivity contribution in [3.05, 3.63) is 88.9 Å². The van der Waals surface area contributed by atoms with Crippen molar-refractivity contribution >= 4 is 43.6 Å². The molecule has 31 heavy (non-hydrogen) atoms. The molecule has 4 rings (SSSR count). The topological polar surface area (TPSA) is 85.4 Å². The highest BCUT2D eigenvalue weighted by molar-refractivity contribution is 7.73. The highest BCUT2D eigenvalue weighted by atomic mass is 35.5. The van der Waals surface area contributed by atoms with Crippen LogP contribution < -0.4 is 10.1 Å². The summed E-state index contributed by atoms with van der Waals surface area (Å²) in [4.78, 5) is 17.6. The number of pyridine rings is 1. The Hall–Kier alpha value is -3.49. The van der Waals surface area contributed by atoms with Crippen LogP contribution in [0.15, 0.2) is 72.5 Å². The maximum atomic E-state index is 13.4. The highest BCUT2D eigenvalue weighted by Crippen LogP contribution is 2.32. The van der Waals surface area contributed by atoms with Crippen molar-refractivity contribution in [2.75, 3.05) is 0 Å². The zero-order valence-electron chi connectivity index (χ0n) is 15.8. The Morgan fingerprint density at radius 1 is 1.16 bits per heavy atom. The van der Waals surface area contributed by atoms with Gasteiger partial charge in [-0.1, -0.05) is 35.9 Å². The molecule has 0 aliphatic heterocycles. The molecule has 0 spiro atoms. The minimum absolute atomic E-state index is 0.0201. The van der Waals surface area contributed by atoms with Gasteiger partial charge in [0.2, 0.25) is 16.2 Å². The minimum Gasteiger partial charge on any atom is -0.437 e. The number of halogens is 2. The predicted octanol–water partition coefficient (Wildman–Crippen LogP) is 4.44. The van der Waals surface area contributed by atoms with Gasteiger partial charge in [-0.2, -0.15) is 8.42 Å². The fourth-order valence-electron chi connectivity index (χ4n) is 2.99. The first-order valence-corrected chi connectivity index (χ1v) is 10.5. The van der Waals surface area contributed by atoms with Crippen LogP contribution in [-0.4, -0.2) is 24.2 Å². The summed E-state index contributed by atoms with van der Waals surface area (Å²) in [6, 6.07) is 12.4. The Labute approximate surface area is 183 Å². The van der Waals surface area contributed by atoms with E-state index in [1.165, 1.54) is 18.2 Å². The SMILES string of the molecule is O=C(NC1=CC=CC(=S(=O)=O)C1)c1cc2ccccc2nc1Oc1ccc(F)cc1Cl. The second kappa shape index (κ2) is 8.71. The quantitative estimate of drug-likeness (QED) is 0.586. The van der Waals surface area contributed by atoms with Crippen LogP contribution in [0.2, 0.25) is 5.02 Å². The van der Waals surface area contributed by atoms with E-state index in [1.807, 2.05) is 6.07 Å². The third kappa shape index (κ3) is 4.65. The van der Waals surface area contributed by atoms with Gasteiger partial charge in [0.05, 0.1) is 15.4 Å². The number of allylic oxidation sites excluding steroid dienone is 4. The van der Waals surface area contributed by atoms with Gasteiger partial charge in [0.1, 0.15) is 17.1 Å². The van der Waals surface area contributed by atoms with E-state index in [0.717, 1.165) is 6.07 Å². The molecular weight excluding hydrogens is 443 g/mol. The lowest BCUT2D eigenvalue weighted by atomic mass is 10.1. The monoisotopic (exact) mass is 456 g/mol. The van der Waals surface area contributed by atoms with Gasteiger partial charge in [-0.25, -0.2) is 9.37 Å². The molecule has 1 aliphatic rings. The smallest absolute Gasteiger partial charge is 0.260 e. The van der Waals surface area contributed by atoms with Crippen LogP contribution >= 0.6 is 11.6 Å². The van der Waals surface area contributed by atoms with E-state index in [-0.39, 0.29) is 33.5 Å². The van der Waals surface area contributed by atoms with E-state index < -0.39 is 22.0 Å². The van der Waals surface area contributed by atoms with Crippen LogP contribution in [0.5, 0.6) is 11.6 Å². The number of hydrogen-bond acceptors (Lipinski definition) is 5. The van der Waals surface area contributed by atoms with E-state index in [9.17, 15) is 17.6 Å². The highest BCUT2D eigenvalue weighted by Gasteiger charge is 2.20. The van der Waals surface area contributed by atoms with E-state index in [0.29, 0.717) is 16.6 Å². The normalized spacial score (nSPS) is 13.1. The summed E-state index contributed by atoms with van der Waals surface area (Å²) in [5.74, 6) is -0.948. The van der Waals surface area contributed by atoms with Crippen molar-refractivity contribution in [3.8, 4) is 11.6 Å². The fourth-order valence-corrected chi connectivity index (χ4v) is 3.66. The molecule has 0 atom stereocenters. The lowest BCUT2D eigenvalue weighted by Gasteiger charge is -2.15. The molecule has 0 fully saturated rings. The van der Waals surface area contributed by atoms with Gasteiger partial charge < -0.3 is 10.1 Å². The molecular formula is C22H14ClFN2O4S. The molecule has 3 aromatic rings. The number of aromatic nitrogens is 1. The lowest BCUT2D eigenvalue weighted by Crippen LogP contribution is -2.25. The first kappa shape index (κ1) is 20.8. The minimum atomic E-state index is -2.38. The first-order chi connectivity index (χ1) is 14.9. The molecule has 1 N–H and O–H groups in total. The van der Waals surface area contributed by atoms with Crippen molar-refractivity contribution in [1.82, 2.24) is 10.3 Å². The number of ether oxygens (including phenoxy) is 1. The Morgan fingerprint density at radius 2 is 1.97 bits per heavy atom. The Kier molecular flexibility index (Phi) is 5.83. The Morgan fingerprint density at radius 3 is 2.74 bits per heavy atom. The van der Waals surface area contributed by atoms with Crippen molar-refractivity contribution in [3.63, 3.8) is 0 Å². The van der Waals surface area contributed by atoms with Crippen molar-refractivity contribution in [2.24, 2.45) is 0 Å². The van der Waals surface area contributed by atoms with Crippen LogP contribution in [0.1, 0.15) is 16.8 Å². The van der Waals surface area contributed by atoms with Gasteiger partial charge in [-0.05, 0) is 42.5 Å². The number of benzene rings is 2. The largest absolute Gasteiger partial charge is 0.437 e. The third-order valence-electron chi connectivity index (χ3n) is 4.47. The molecule has 156 valence electrons. The van der Waals surface area contributed by atoms with E-state index in [2.05, 4.69) is 10.3 Å². The van der Waals surface area contributed by atoms with Crippen molar-refractivity contribution in [1.29, 1.82) is 0 Å². The molecule has 1 heterocycles. The number of carbonyl (C=O) groups excluding carboxylic acids is 1. The number of carbonyl (C=O) groups is 1. The van der Waals surface area contributed by atoms with Crippen molar-refractivity contribution in [2.45, 2.75) is 6.42 Å². The molecule has 2 aromatic carbocycles. The van der Waals surface area contributed by atoms with E-state index >= 15 is 0 Å². The Balaban J connectivity index is 1.72. The van der Waals surface area contributed by atoms with Gasteiger partial charge in [0.25, 0.3) is 5.91 Å². The number of nitrogens with zero attached hydrogens (tertiary/aromatic N) is 1.